The largest absolute Gasteiger partial charge is 0.341 e. The second kappa shape index (κ2) is 11.4. The van der Waals surface area contributed by atoms with Crippen molar-refractivity contribution in [3.05, 3.63) is 86.4 Å². The molecule has 0 bridgehead atoms. The molecule has 3 rings (SSSR count). The van der Waals surface area contributed by atoms with E-state index < -0.39 is 0 Å². The van der Waals surface area contributed by atoms with Crippen LogP contribution in [0.3, 0.4) is 0 Å². The SMILES string of the molecule is O=C(NCCCCN(c1ccc(F)cc1)c1ccc(F)cc1)Nc1ccc(Br)cc1I. The van der Waals surface area contributed by atoms with Crippen molar-refractivity contribution in [3.63, 3.8) is 0 Å². The van der Waals surface area contributed by atoms with E-state index in [0.29, 0.717) is 13.1 Å². The van der Waals surface area contributed by atoms with E-state index in [1.165, 1.54) is 24.3 Å². The number of carbonyl (C=O) groups is 1. The van der Waals surface area contributed by atoms with E-state index in [1.54, 1.807) is 24.3 Å². The van der Waals surface area contributed by atoms with Crippen LogP contribution in [-0.4, -0.2) is 19.1 Å². The van der Waals surface area contributed by atoms with E-state index in [4.69, 9.17) is 0 Å². The van der Waals surface area contributed by atoms with Gasteiger partial charge < -0.3 is 15.5 Å². The van der Waals surface area contributed by atoms with Gasteiger partial charge in [-0.2, -0.15) is 0 Å². The van der Waals surface area contributed by atoms with Gasteiger partial charge in [0.1, 0.15) is 11.6 Å². The molecule has 162 valence electrons. The minimum absolute atomic E-state index is 0.255. The highest BCUT2D eigenvalue weighted by Crippen LogP contribution is 2.26. The number of urea groups is 1. The Balaban J connectivity index is 1.51. The number of halogens is 4. The molecule has 0 atom stereocenters. The molecule has 31 heavy (non-hydrogen) atoms. The number of nitrogens with one attached hydrogen (secondary N) is 2. The lowest BCUT2D eigenvalue weighted by Crippen LogP contribution is -2.30. The zero-order valence-electron chi connectivity index (χ0n) is 16.5. The standard InChI is InChI=1S/C23H21BrF2IN3O/c24-16-3-12-22(21(27)15-16)29-23(31)28-13-1-2-14-30(19-8-4-17(25)5-9-19)20-10-6-18(26)7-11-20/h3-12,15H,1-2,13-14H2,(H2,28,29,31). The average Bonchev–Trinajstić information content (AvgIpc) is 2.74. The molecule has 0 fully saturated rings. The van der Waals surface area contributed by atoms with Gasteiger partial charge in [0.2, 0.25) is 0 Å². The summed E-state index contributed by atoms with van der Waals surface area (Å²) < 4.78 is 28.5. The monoisotopic (exact) mass is 599 g/mol. The van der Waals surface area contributed by atoms with Crippen LogP contribution in [0.15, 0.2) is 71.2 Å². The highest BCUT2D eigenvalue weighted by Gasteiger charge is 2.10. The van der Waals surface area contributed by atoms with Crippen molar-refractivity contribution in [1.82, 2.24) is 5.32 Å². The van der Waals surface area contributed by atoms with Crippen molar-refractivity contribution in [3.8, 4) is 0 Å². The molecule has 0 aromatic heterocycles. The van der Waals surface area contributed by atoms with Crippen molar-refractivity contribution in [2.24, 2.45) is 0 Å². The van der Waals surface area contributed by atoms with E-state index in [0.717, 1.165) is 37.9 Å². The van der Waals surface area contributed by atoms with Crippen molar-refractivity contribution in [1.29, 1.82) is 0 Å². The molecule has 0 aliphatic carbocycles. The Morgan fingerprint density at radius 1 is 0.903 bits per heavy atom. The summed E-state index contributed by atoms with van der Waals surface area (Å²) in [6, 6.07) is 17.8. The minimum Gasteiger partial charge on any atom is -0.341 e. The molecule has 2 amide bonds. The molecule has 0 unspecified atom stereocenters. The van der Waals surface area contributed by atoms with E-state index in [2.05, 4.69) is 49.2 Å². The minimum atomic E-state index is -0.307. The molecule has 0 aliphatic rings. The molecule has 4 nitrogen and oxygen atoms in total. The Hall–Kier alpha value is -2.20. The first-order valence-electron chi connectivity index (χ1n) is 9.71. The number of nitrogens with zero attached hydrogens (tertiary/aromatic N) is 1. The number of carbonyl (C=O) groups excluding carboxylic acids is 1. The van der Waals surface area contributed by atoms with Gasteiger partial charge in [0.25, 0.3) is 0 Å². The number of anilines is 3. The first-order chi connectivity index (χ1) is 14.9. The lowest BCUT2D eigenvalue weighted by Gasteiger charge is -2.25. The zero-order valence-corrected chi connectivity index (χ0v) is 20.3. The van der Waals surface area contributed by atoms with Crippen molar-refractivity contribution < 1.29 is 13.6 Å². The molecule has 3 aromatic carbocycles. The van der Waals surface area contributed by atoms with Gasteiger partial charge in [0.15, 0.2) is 0 Å². The van der Waals surface area contributed by atoms with E-state index >= 15 is 0 Å². The number of benzene rings is 3. The first kappa shape index (κ1) is 23.5. The Kier molecular flexibility index (Phi) is 8.65. The average molecular weight is 600 g/mol. The highest BCUT2D eigenvalue weighted by atomic mass is 127. The summed E-state index contributed by atoms with van der Waals surface area (Å²) in [6.45, 7) is 1.16. The number of hydrogen-bond donors (Lipinski definition) is 2. The maximum absolute atomic E-state index is 13.3. The van der Waals surface area contributed by atoms with Crippen LogP contribution < -0.4 is 15.5 Å². The fourth-order valence-electron chi connectivity index (χ4n) is 3.00. The zero-order chi connectivity index (χ0) is 22.2. The Morgan fingerprint density at radius 3 is 2.03 bits per heavy atom. The van der Waals surface area contributed by atoms with E-state index in [-0.39, 0.29) is 17.7 Å². The molecule has 0 aliphatic heterocycles. The van der Waals surface area contributed by atoms with E-state index in [1.807, 2.05) is 23.1 Å². The topological polar surface area (TPSA) is 44.4 Å². The van der Waals surface area contributed by atoms with Gasteiger partial charge in [0.05, 0.1) is 5.69 Å². The molecule has 0 saturated heterocycles. The van der Waals surface area contributed by atoms with Crippen LogP contribution >= 0.6 is 38.5 Å². The van der Waals surface area contributed by atoms with Gasteiger partial charge in [-0.05, 0) is 102 Å². The number of amides is 2. The predicted molar refractivity (Wildman–Crippen MR) is 133 cm³/mol. The van der Waals surface area contributed by atoms with E-state index in [9.17, 15) is 13.6 Å². The fraction of sp³-hybridized carbons (Fsp3) is 0.174. The summed E-state index contributed by atoms with van der Waals surface area (Å²) in [5.41, 5.74) is 2.40. The van der Waals surface area contributed by atoms with Crippen molar-refractivity contribution in [2.75, 3.05) is 23.3 Å². The molecule has 0 spiro atoms. The van der Waals surface area contributed by atoms with Gasteiger partial charge in [-0.25, -0.2) is 13.6 Å². The third-order valence-corrected chi connectivity index (χ3v) is 5.94. The smallest absolute Gasteiger partial charge is 0.319 e. The van der Waals surface area contributed by atoms with Gasteiger partial charge in [-0.3, -0.25) is 0 Å². The van der Waals surface area contributed by atoms with Crippen LogP contribution in [0, 0.1) is 15.2 Å². The molecular weight excluding hydrogens is 579 g/mol. The summed E-state index contributed by atoms with van der Waals surface area (Å²) in [5, 5.41) is 5.70. The Morgan fingerprint density at radius 2 is 1.48 bits per heavy atom. The van der Waals surface area contributed by atoms with Crippen molar-refractivity contribution >= 4 is 61.6 Å². The van der Waals surface area contributed by atoms with Crippen LogP contribution in [0.2, 0.25) is 0 Å². The van der Waals surface area contributed by atoms with Gasteiger partial charge in [0, 0.05) is 32.5 Å². The molecule has 0 saturated carbocycles. The Bertz CT molecular complexity index is 971. The van der Waals surface area contributed by atoms with Crippen LogP contribution in [0.1, 0.15) is 12.8 Å². The lowest BCUT2D eigenvalue weighted by molar-refractivity contribution is 0.252. The Labute approximate surface area is 202 Å². The molecule has 2 N–H and O–H groups in total. The predicted octanol–water partition coefficient (Wildman–Crippen LogP) is 7.07. The molecule has 3 aromatic rings. The first-order valence-corrected chi connectivity index (χ1v) is 11.6. The fourth-order valence-corrected chi connectivity index (χ4v) is 4.44. The third kappa shape index (κ3) is 7.17. The summed E-state index contributed by atoms with van der Waals surface area (Å²) in [4.78, 5) is 14.1. The maximum Gasteiger partial charge on any atom is 0.319 e. The second-order valence-corrected chi connectivity index (χ2v) is 8.89. The summed E-state index contributed by atoms with van der Waals surface area (Å²) in [7, 11) is 0. The summed E-state index contributed by atoms with van der Waals surface area (Å²) in [5.74, 6) is -0.614. The number of unbranched alkanes of at least 4 members (excludes halogenated alkanes) is 1. The van der Waals surface area contributed by atoms with Crippen LogP contribution in [0.25, 0.3) is 0 Å². The van der Waals surface area contributed by atoms with Gasteiger partial charge >= 0.3 is 6.03 Å². The maximum atomic E-state index is 13.3. The van der Waals surface area contributed by atoms with Gasteiger partial charge in [-0.1, -0.05) is 15.9 Å². The normalized spacial score (nSPS) is 10.6. The van der Waals surface area contributed by atoms with Crippen LogP contribution in [0.4, 0.5) is 30.6 Å². The molecule has 0 radical (unpaired) electrons. The summed E-state index contributed by atoms with van der Waals surface area (Å²) >= 11 is 5.57. The van der Waals surface area contributed by atoms with Gasteiger partial charge in [-0.15, -0.1) is 0 Å². The molecule has 0 heterocycles. The number of rotatable bonds is 8. The third-order valence-electron chi connectivity index (χ3n) is 4.55. The van der Waals surface area contributed by atoms with Crippen molar-refractivity contribution in [2.45, 2.75) is 12.8 Å². The quantitative estimate of drug-likeness (QED) is 0.215. The number of hydrogen-bond acceptors (Lipinski definition) is 2. The second-order valence-electron chi connectivity index (χ2n) is 6.82. The van der Waals surface area contributed by atoms with Crippen LogP contribution in [0.5, 0.6) is 0 Å². The molecular formula is C23H21BrF2IN3O. The lowest BCUT2D eigenvalue weighted by atomic mass is 10.2. The van der Waals surface area contributed by atoms with Crippen LogP contribution in [-0.2, 0) is 0 Å². The molecule has 8 heteroatoms. The summed E-state index contributed by atoms with van der Waals surface area (Å²) in [6.07, 6.45) is 1.54. The highest BCUT2D eigenvalue weighted by molar-refractivity contribution is 14.1.